The molecule has 0 aromatic carbocycles. The molecule has 0 saturated carbocycles. The van der Waals surface area contributed by atoms with Crippen molar-refractivity contribution in [3.63, 3.8) is 0 Å². The molecule has 0 radical (unpaired) electrons. The van der Waals surface area contributed by atoms with Crippen LogP contribution in [0.5, 0.6) is 0 Å². The van der Waals surface area contributed by atoms with E-state index in [4.69, 9.17) is 33.2 Å². The number of esters is 1. The normalized spacial score (nSPS) is 37.8. The van der Waals surface area contributed by atoms with Crippen molar-refractivity contribution in [2.24, 2.45) is 0 Å². The van der Waals surface area contributed by atoms with E-state index in [1.165, 1.54) is 6.92 Å². The quantitative estimate of drug-likeness (QED) is 0.0408. The van der Waals surface area contributed by atoms with Crippen LogP contribution in [0.3, 0.4) is 0 Å². The Labute approximate surface area is 318 Å². The van der Waals surface area contributed by atoms with Crippen molar-refractivity contribution in [1.29, 1.82) is 0 Å². The summed E-state index contributed by atoms with van der Waals surface area (Å²) in [5.74, 6) is -5.09. The Hall–Kier alpha value is -2.19. The van der Waals surface area contributed by atoms with Gasteiger partial charge in [0.25, 0.3) is 5.79 Å². The number of carbonyl (C=O) groups excluding carboxylic acids is 3. The summed E-state index contributed by atoms with van der Waals surface area (Å²) in [6.45, 7) is 1.95. The summed E-state index contributed by atoms with van der Waals surface area (Å²) >= 11 is 0. The topological polar surface area (TPSA) is 322 Å². The first kappa shape index (κ1) is 47.2. The molecule has 0 aromatic heterocycles. The first-order valence-electron chi connectivity index (χ1n) is 18.6. The van der Waals surface area contributed by atoms with Gasteiger partial charge < -0.3 is 89.8 Å². The smallest absolute Gasteiger partial charge is 0.366 e. The largest absolute Gasteiger partial charge is 0.465 e. The molecule has 0 unspecified atom stereocenters. The molecule has 3 fully saturated rings. The number of hydrogen-bond acceptors (Lipinski definition) is 19. The lowest BCUT2D eigenvalue weighted by atomic mass is 9.88. The molecule has 3 aliphatic rings. The standard InChI is InChI=1S/C34H60N2O19/c1-5-6-7-8-9-10-11-50-31-23(36-17(3)40)29(54-32-28(47)27(46)25(44)20(14-38)52-32)26(45)21(53-31)15-51-34(33(48)49-4)12-18(41)22(35-16(2)39)30(55-34)24(43)19(42)13-37/h18-32,37-38,41-47H,5-15H2,1-4H3,(H,35,39)(H,36,40)/t18-,19+,20+,21+,22+,23+,24+,25-,26-,27-,28+,29+,30+,31-,32-,34+/m0/s1. The van der Waals surface area contributed by atoms with Crippen molar-refractivity contribution in [1.82, 2.24) is 10.6 Å². The number of nitrogens with one attached hydrogen (secondary N) is 2. The lowest BCUT2D eigenvalue weighted by molar-refractivity contribution is -0.354. The average molecular weight is 801 g/mol. The SMILES string of the molecule is CCCCCCCCO[C@H]1O[C@H](CO[C@]2(C(=O)OC)C[C@H](O)[C@@H](NC(C)=O)[C@H]([C@H](O)[C@H](O)CO)O2)[C@H](O)[C@H](O[C@@H]2O[C@H](CO)[C@H](O)[C@H](O)[C@H]2O)[C@H]1NC(C)=O. The maximum Gasteiger partial charge on any atom is 0.366 e. The third-order valence-corrected chi connectivity index (χ3v) is 9.80. The Bertz CT molecular complexity index is 1200. The van der Waals surface area contributed by atoms with Crippen LogP contribution in [0.15, 0.2) is 0 Å². The molecule has 0 spiro atoms. The van der Waals surface area contributed by atoms with Crippen LogP contribution in [0.25, 0.3) is 0 Å². The van der Waals surface area contributed by atoms with E-state index in [-0.39, 0.29) is 6.61 Å². The second-order valence-corrected chi connectivity index (χ2v) is 14.1. The maximum absolute atomic E-state index is 13.3. The second-order valence-electron chi connectivity index (χ2n) is 14.1. The number of hydrogen-bond donors (Lipinski definition) is 11. The van der Waals surface area contributed by atoms with Crippen molar-refractivity contribution in [3.8, 4) is 0 Å². The first-order valence-corrected chi connectivity index (χ1v) is 18.6. The third-order valence-electron chi connectivity index (χ3n) is 9.80. The van der Waals surface area contributed by atoms with Gasteiger partial charge in [-0.25, -0.2) is 4.79 Å². The molecule has 320 valence electrons. The Morgan fingerprint density at radius 2 is 1.44 bits per heavy atom. The van der Waals surface area contributed by atoms with E-state index in [1.807, 2.05) is 0 Å². The monoisotopic (exact) mass is 800 g/mol. The highest BCUT2D eigenvalue weighted by atomic mass is 16.8. The first-order chi connectivity index (χ1) is 26.0. The summed E-state index contributed by atoms with van der Waals surface area (Å²) in [7, 11) is 0.970. The minimum atomic E-state index is -2.58. The summed E-state index contributed by atoms with van der Waals surface area (Å²) in [6, 6.07) is -2.72. The van der Waals surface area contributed by atoms with Crippen LogP contribution in [-0.4, -0.2) is 195 Å². The average Bonchev–Trinajstić information content (AvgIpc) is 3.15. The van der Waals surface area contributed by atoms with Gasteiger partial charge in [0, 0.05) is 26.9 Å². The van der Waals surface area contributed by atoms with Crippen molar-refractivity contribution in [3.05, 3.63) is 0 Å². The number of aliphatic hydroxyl groups is 9. The van der Waals surface area contributed by atoms with Gasteiger partial charge in [0.15, 0.2) is 12.6 Å². The van der Waals surface area contributed by atoms with Gasteiger partial charge in [-0.1, -0.05) is 39.0 Å². The maximum atomic E-state index is 13.3. The Morgan fingerprint density at radius 1 is 0.818 bits per heavy atom. The summed E-state index contributed by atoms with van der Waals surface area (Å²) in [5.41, 5.74) is 0. The van der Waals surface area contributed by atoms with E-state index in [2.05, 4.69) is 17.6 Å². The molecule has 21 nitrogen and oxygen atoms in total. The summed E-state index contributed by atoms with van der Waals surface area (Å²) in [6.07, 6.45) is -17.6. The minimum absolute atomic E-state index is 0.113. The van der Waals surface area contributed by atoms with Crippen LogP contribution >= 0.6 is 0 Å². The number of ether oxygens (including phenoxy) is 7. The summed E-state index contributed by atoms with van der Waals surface area (Å²) < 4.78 is 40.3. The van der Waals surface area contributed by atoms with Crippen molar-refractivity contribution >= 4 is 17.8 Å². The van der Waals surface area contributed by atoms with Crippen molar-refractivity contribution in [2.45, 2.75) is 163 Å². The van der Waals surface area contributed by atoms with E-state index in [0.717, 1.165) is 46.1 Å². The zero-order valence-corrected chi connectivity index (χ0v) is 31.5. The molecule has 3 saturated heterocycles. The molecule has 21 heteroatoms. The number of amides is 2. The molecular weight excluding hydrogens is 740 g/mol. The highest BCUT2D eigenvalue weighted by Gasteiger charge is 2.58. The molecular formula is C34H60N2O19. The van der Waals surface area contributed by atoms with Gasteiger partial charge in [0.05, 0.1) is 39.1 Å². The van der Waals surface area contributed by atoms with E-state index in [1.54, 1.807) is 0 Å². The van der Waals surface area contributed by atoms with E-state index < -0.39 is 142 Å². The molecule has 3 rings (SSSR count). The van der Waals surface area contributed by atoms with Crippen LogP contribution in [-0.2, 0) is 47.5 Å². The number of unbranched alkanes of at least 4 members (excludes halogenated alkanes) is 5. The summed E-state index contributed by atoms with van der Waals surface area (Å²) in [4.78, 5) is 37.7. The fraction of sp³-hybridized carbons (Fsp3) is 0.912. The molecule has 16 atom stereocenters. The van der Waals surface area contributed by atoms with Crippen molar-refractivity contribution < 1.29 is 93.5 Å². The van der Waals surface area contributed by atoms with Gasteiger partial charge in [-0.3, -0.25) is 9.59 Å². The predicted octanol–water partition coefficient (Wildman–Crippen LogP) is -4.61. The fourth-order valence-electron chi connectivity index (χ4n) is 6.80. The van der Waals surface area contributed by atoms with Gasteiger partial charge >= 0.3 is 5.97 Å². The highest BCUT2D eigenvalue weighted by Crippen LogP contribution is 2.36. The predicted molar refractivity (Wildman–Crippen MR) is 183 cm³/mol. The van der Waals surface area contributed by atoms with Gasteiger partial charge in [0.1, 0.15) is 67.1 Å². The second kappa shape index (κ2) is 22.1. The fourth-order valence-corrected chi connectivity index (χ4v) is 6.80. The van der Waals surface area contributed by atoms with Gasteiger partial charge in [-0.05, 0) is 6.42 Å². The van der Waals surface area contributed by atoms with E-state index >= 15 is 0 Å². The van der Waals surface area contributed by atoms with E-state index in [0.29, 0.717) is 6.42 Å². The zero-order chi connectivity index (χ0) is 41.0. The highest BCUT2D eigenvalue weighted by molar-refractivity contribution is 5.78. The van der Waals surface area contributed by atoms with Crippen LogP contribution in [0.4, 0.5) is 0 Å². The minimum Gasteiger partial charge on any atom is -0.465 e. The third kappa shape index (κ3) is 12.2. The van der Waals surface area contributed by atoms with Crippen molar-refractivity contribution in [2.75, 3.05) is 33.5 Å². The molecule has 2 amide bonds. The van der Waals surface area contributed by atoms with Gasteiger partial charge in [0.2, 0.25) is 11.8 Å². The lowest BCUT2D eigenvalue weighted by Crippen LogP contribution is -2.69. The molecule has 0 bridgehead atoms. The number of rotatable bonds is 20. The van der Waals surface area contributed by atoms with Gasteiger partial charge in [-0.2, -0.15) is 0 Å². The van der Waals surface area contributed by atoms with Crippen LogP contribution in [0.1, 0.15) is 65.7 Å². The molecule has 0 aliphatic carbocycles. The van der Waals surface area contributed by atoms with E-state index in [9.17, 15) is 60.3 Å². The number of methoxy groups -OCH3 is 1. The number of aliphatic hydroxyl groups excluding tert-OH is 9. The summed E-state index contributed by atoms with van der Waals surface area (Å²) in [5, 5.41) is 99.6. The Balaban J connectivity index is 1.97. The Kier molecular flexibility index (Phi) is 19.0. The molecule has 11 N–H and O–H groups in total. The van der Waals surface area contributed by atoms with Crippen LogP contribution in [0.2, 0.25) is 0 Å². The van der Waals surface area contributed by atoms with Crippen LogP contribution in [0, 0.1) is 0 Å². The van der Waals surface area contributed by atoms with Gasteiger partial charge in [-0.15, -0.1) is 0 Å². The molecule has 3 aliphatic heterocycles. The Morgan fingerprint density at radius 3 is 2.04 bits per heavy atom. The molecule has 55 heavy (non-hydrogen) atoms. The number of carbonyl (C=O) groups is 3. The molecule has 0 aromatic rings. The zero-order valence-electron chi connectivity index (χ0n) is 31.5. The van der Waals surface area contributed by atoms with Crippen LogP contribution < -0.4 is 10.6 Å². The molecule has 3 heterocycles. The lowest BCUT2D eigenvalue weighted by Gasteiger charge is -2.49.